The van der Waals surface area contributed by atoms with Gasteiger partial charge in [0.05, 0.1) is 10.9 Å². The summed E-state index contributed by atoms with van der Waals surface area (Å²) >= 11 is 5.07. The van der Waals surface area contributed by atoms with Gasteiger partial charge >= 0.3 is 0 Å². The molecule has 8 heteroatoms. The summed E-state index contributed by atoms with van der Waals surface area (Å²) in [4.78, 5) is 13.0. The molecule has 0 aliphatic heterocycles. The monoisotopic (exact) mass is 458 g/mol. The van der Waals surface area contributed by atoms with Crippen LogP contribution in [0.15, 0.2) is 63.0 Å². The maximum absolute atomic E-state index is 13.0. The van der Waals surface area contributed by atoms with E-state index >= 15 is 0 Å². The summed E-state index contributed by atoms with van der Waals surface area (Å²) in [5.41, 5.74) is 1.98. The molecule has 0 atom stereocenters. The predicted octanol–water partition coefficient (Wildman–Crippen LogP) is 4.14. The summed E-state index contributed by atoms with van der Waals surface area (Å²) < 4.78 is 9.87. The van der Waals surface area contributed by atoms with Crippen molar-refractivity contribution in [2.24, 2.45) is 0 Å². The second-order valence-electron chi connectivity index (χ2n) is 6.35. The molecule has 4 rings (SSSR count). The molecule has 0 unspecified atom stereocenters. The topological polar surface area (TPSA) is 61.4 Å². The molecule has 0 aliphatic carbocycles. The van der Waals surface area contributed by atoms with Crippen LogP contribution < -0.4 is 5.56 Å². The quantitative estimate of drug-likeness (QED) is 0.307. The smallest absolute Gasteiger partial charge is 0.262 e. The lowest BCUT2D eigenvalue weighted by atomic mass is 10.2. The summed E-state index contributed by atoms with van der Waals surface area (Å²) in [5, 5.41) is 10.2. The van der Waals surface area contributed by atoms with E-state index in [4.69, 9.17) is 4.74 Å². The highest BCUT2D eigenvalue weighted by atomic mass is 79.9. The molecule has 2 aromatic carbocycles. The Balaban J connectivity index is 1.77. The molecule has 0 amide bonds. The fraction of sp³-hybridized carbons (Fsp3) is 0.250. The third-order valence-electron chi connectivity index (χ3n) is 4.49. The maximum atomic E-state index is 13.0. The first-order valence-electron chi connectivity index (χ1n) is 8.92. The molecule has 2 aromatic heterocycles. The third-order valence-corrected chi connectivity index (χ3v) is 6.02. The average molecular weight is 459 g/mol. The van der Waals surface area contributed by atoms with Gasteiger partial charge in [-0.25, -0.2) is 0 Å². The Morgan fingerprint density at radius 2 is 1.89 bits per heavy atom. The van der Waals surface area contributed by atoms with Gasteiger partial charge in [0.15, 0.2) is 5.16 Å². The van der Waals surface area contributed by atoms with E-state index in [1.807, 2.05) is 40.8 Å². The minimum Gasteiger partial charge on any atom is -0.385 e. The van der Waals surface area contributed by atoms with Crippen molar-refractivity contribution in [3.63, 3.8) is 0 Å². The van der Waals surface area contributed by atoms with Crippen molar-refractivity contribution in [1.82, 2.24) is 19.2 Å². The van der Waals surface area contributed by atoms with Crippen LogP contribution in [0.4, 0.5) is 0 Å². The van der Waals surface area contributed by atoms with Crippen LogP contribution in [0.25, 0.3) is 16.7 Å². The van der Waals surface area contributed by atoms with Crippen LogP contribution >= 0.6 is 27.7 Å². The summed E-state index contributed by atoms with van der Waals surface area (Å²) in [7, 11) is 1.66. The number of hydrogen-bond acceptors (Lipinski definition) is 5. The van der Waals surface area contributed by atoms with Crippen molar-refractivity contribution in [2.75, 3.05) is 13.7 Å². The van der Waals surface area contributed by atoms with Crippen LogP contribution in [-0.2, 0) is 17.0 Å². The van der Waals surface area contributed by atoms with E-state index in [-0.39, 0.29) is 5.56 Å². The van der Waals surface area contributed by atoms with Crippen LogP contribution in [-0.4, -0.2) is 32.9 Å². The number of aryl methyl sites for hydroxylation is 1. The number of hydrogen-bond donors (Lipinski definition) is 0. The normalized spacial score (nSPS) is 11.5. The van der Waals surface area contributed by atoms with Crippen molar-refractivity contribution in [1.29, 1.82) is 0 Å². The first-order valence-corrected chi connectivity index (χ1v) is 10.7. The Kier molecular flexibility index (Phi) is 5.79. The van der Waals surface area contributed by atoms with E-state index < -0.39 is 0 Å². The van der Waals surface area contributed by atoms with Gasteiger partial charge in [-0.3, -0.25) is 13.8 Å². The number of ether oxygens (including phenoxy) is 1. The van der Waals surface area contributed by atoms with E-state index in [9.17, 15) is 4.79 Å². The molecular weight excluding hydrogens is 440 g/mol. The van der Waals surface area contributed by atoms with Gasteiger partial charge in [0.25, 0.3) is 5.56 Å². The number of thioether (sulfide) groups is 1. The van der Waals surface area contributed by atoms with Crippen LogP contribution in [0.1, 0.15) is 12.0 Å². The Morgan fingerprint density at radius 3 is 2.68 bits per heavy atom. The number of halogens is 1. The van der Waals surface area contributed by atoms with Crippen LogP contribution in [0.3, 0.4) is 0 Å². The molecule has 0 fully saturated rings. The predicted molar refractivity (Wildman–Crippen MR) is 115 cm³/mol. The summed E-state index contributed by atoms with van der Waals surface area (Å²) in [6, 6.07) is 15.8. The van der Waals surface area contributed by atoms with Gasteiger partial charge in [0.2, 0.25) is 5.78 Å². The average Bonchev–Trinajstić information content (AvgIpc) is 3.14. The molecule has 0 spiro atoms. The highest BCUT2D eigenvalue weighted by molar-refractivity contribution is 9.10. The molecular formula is C20H19BrN4O2S. The molecule has 6 nitrogen and oxygen atoms in total. The molecule has 0 saturated carbocycles. The zero-order chi connectivity index (χ0) is 19.5. The Morgan fingerprint density at radius 1 is 1.11 bits per heavy atom. The van der Waals surface area contributed by atoms with Gasteiger partial charge in [-0.1, -0.05) is 52.0 Å². The van der Waals surface area contributed by atoms with Crippen molar-refractivity contribution in [2.45, 2.75) is 23.9 Å². The van der Waals surface area contributed by atoms with Gasteiger partial charge in [-0.15, -0.1) is 10.2 Å². The number of methoxy groups -OCH3 is 1. The SMILES string of the molecule is COCCCn1c(=O)c2ccccc2n2c(SCc3ccc(Br)cc3)nnc12. The molecule has 0 saturated heterocycles. The van der Waals surface area contributed by atoms with Gasteiger partial charge in [0.1, 0.15) is 0 Å². The van der Waals surface area contributed by atoms with E-state index in [0.717, 1.165) is 27.3 Å². The van der Waals surface area contributed by atoms with Gasteiger partial charge in [-0.05, 0) is 36.2 Å². The summed E-state index contributed by atoms with van der Waals surface area (Å²) in [5.74, 6) is 1.34. The number of benzene rings is 2. The van der Waals surface area contributed by atoms with Crippen molar-refractivity contribution in [3.05, 3.63) is 68.9 Å². The first kappa shape index (κ1) is 19.2. The Labute approximate surface area is 174 Å². The lowest BCUT2D eigenvalue weighted by Gasteiger charge is -2.11. The van der Waals surface area contributed by atoms with E-state index in [1.165, 1.54) is 5.56 Å². The number of fused-ring (bicyclic) bond motifs is 3. The van der Waals surface area contributed by atoms with Gasteiger partial charge in [-0.2, -0.15) is 0 Å². The van der Waals surface area contributed by atoms with Crippen LogP contribution in [0.5, 0.6) is 0 Å². The molecule has 0 bridgehead atoms. The number of nitrogens with zero attached hydrogens (tertiary/aromatic N) is 4. The van der Waals surface area contributed by atoms with Crippen LogP contribution in [0.2, 0.25) is 0 Å². The molecule has 28 heavy (non-hydrogen) atoms. The highest BCUT2D eigenvalue weighted by Gasteiger charge is 2.16. The molecule has 0 N–H and O–H groups in total. The fourth-order valence-corrected chi connectivity index (χ4v) is 4.28. The molecule has 0 radical (unpaired) electrons. The highest BCUT2D eigenvalue weighted by Crippen LogP contribution is 2.25. The van der Waals surface area contributed by atoms with Crippen LogP contribution in [0, 0.1) is 0 Å². The largest absolute Gasteiger partial charge is 0.385 e. The van der Waals surface area contributed by atoms with E-state index in [2.05, 4.69) is 38.3 Å². The lowest BCUT2D eigenvalue weighted by molar-refractivity contribution is 0.190. The summed E-state index contributed by atoms with van der Waals surface area (Å²) in [6.45, 7) is 1.13. The molecule has 2 heterocycles. The Bertz CT molecular complexity index is 1170. The number of para-hydroxylation sites is 1. The van der Waals surface area contributed by atoms with Crippen molar-refractivity contribution in [3.8, 4) is 0 Å². The van der Waals surface area contributed by atoms with Crippen molar-refractivity contribution >= 4 is 44.4 Å². The molecule has 0 aliphatic rings. The molecule has 4 aromatic rings. The minimum absolute atomic E-state index is 0.0453. The second kappa shape index (κ2) is 8.46. The number of rotatable bonds is 7. The van der Waals surface area contributed by atoms with Gasteiger partial charge < -0.3 is 4.74 Å². The van der Waals surface area contributed by atoms with E-state index in [0.29, 0.717) is 24.3 Å². The zero-order valence-corrected chi connectivity index (χ0v) is 17.7. The minimum atomic E-state index is -0.0453. The standard InChI is InChI=1S/C20H19BrN4O2S/c1-27-12-4-11-24-18(26)16-5-2-3-6-17(16)25-19(24)22-23-20(25)28-13-14-7-9-15(21)10-8-14/h2-3,5-10H,4,11-13H2,1H3. The fourth-order valence-electron chi connectivity index (χ4n) is 3.12. The zero-order valence-electron chi connectivity index (χ0n) is 15.3. The molecule has 144 valence electrons. The number of aromatic nitrogens is 4. The maximum Gasteiger partial charge on any atom is 0.262 e. The first-order chi connectivity index (χ1) is 13.7. The van der Waals surface area contributed by atoms with E-state index in [1.54, 1.807) is 23.4 Å². The Hall–Kier alpha value is -2.16. The lowest BCUT2D eigenvalue weighted by Crippen LogP contribution is -2.24. The second-order valence-corrected chi connectivity index (χ2v) is 8.21. The van der Waals surface area contributed by atoms with Crippen molar-refractivity contribution < 1.29 is 4.74 Å². The van der Waals surface area contributed by atoms with Gasteiger partial charge in [0, 0.05) is 30.5 Å². The third kappa shape index (κ3) is 3.72. The summed E-state index contributed by atoms with van der Waals surface area (Å²) in [6.07, 6.45) is 0.735.